The van der Waals surface area contributed by atoms with E-state index in [-0.39, 0.29) is 17.4 Å². The molecule has 0 saturated carbocycles. The summed E-state index contributed by atoms with van der Waals surface area (Å²) in [6, 6.07) is 16.0. The molecule has 2 amide bonds. The van der Waals surface area contributed by atoms with Crippen LogP contribution in [0, 0.1) is 0 Å². The second-order valence-corrected chi connectivity index (χ2v) is 8.92. The van der Waals surface area contributed by atoms with Crippen LogP contribution in [0.4, 0.5) is 5.69 Å². The minimum atomic E-state index is -0.337. The number of rotatable bonds is 6. The molecule has 7 heteroatoms. The molecule has 6 nitrogen and oxygen atoms in total. The maximum absolute atomic E-state index is 12.5. The van der Waals surface area contributed by atoms with Gasteiger partial charge in [-0.25, -0.2) is 0 Å². The van der Waals surface area contributed by atoms with E-state index in [1.165, 1.54) is 0 Å². The van der Waals surface area contributed by atoms with Gasteiger partial charge in [0.05, 0.1) is 5.57 Å². The van der Waals surface area contributed by atoms with Crippen LogP contribution >= 0.6 is 11.6 Å². The summed E-state index contributed by atoms with van der Waals surface area (Å²) < 4.78 is 5.95. The van der Waals surface area contributed by atoms with Crippen LogP contribution in [-0.2, 0) is 4.79 Å². The van der Waals surface area contributed by atoms with Gasteiger partial charge in [-0.1, -0.05) is 23.7 Å². The number of benzene rings is 2. The number of hydrogen-bond donors (Lipinski definition) is 3. The Morgan fingerprint density at radius 3 is 2.78 bits per heavy atom. The molecule has 0 fully saturated rings. The van der Waals surface area contributed by atoms with E-state index in [2.05, 4.69) is 10.6 Å². The lowest BCUT2D eigenvalue weighted by molar-refractivity contribution is -0.110. The number of fused-ring (bicyclic) bond motifs is 1. The van der Waals surface area contributed by atoms with Gasteiger partial charge in [0.2, 0.25) is 0 Å². The Kier molecular flexibility index (Phi) is 5.91. The summed E-state index contributed by atoms with van der Waals surface area (Å²) in [6.45, 7) is 4.34. The molecule has 0 spiro atoms. The predicted octanol–water partition coefficient (Wildman–Crippen LogP) is 4.95. The van der Waals surface area contributed by atoms with E-state index in [4.69, 9.17) is 21.8 Å². The molecule has 0 unspecified atom stereocenters. The lowest BCUT2D eigenvalue weighted by Crippen LogP contribution is -2.37. The van der Waals surface area contributed by atoms with Crippen LogP contribution in [0.25, 0.3) is 23.0 Å². The largest absolute Gasteiger partial charge is 0.457 e. The minimum Gasteiger partial charge on any atom is -0.457 e. The highest BCUT2D eigenvalue weighted by atomic mass is 35.5. The Labute approximate surface area is 191 Å². The smallest absolute Gasteiger partial charge is 0.256 e. The molecule has 2 heterocycles. The van der Waals surface area contributed by atoms with Crippen molar-refractivity contribution < 1.29 is 14.0 Å². The molecule has 0 bridgehead atoms. The first-order chi connectivity index (χ1) is 15.2. The summed E-state index contributed by atoms with van der Waals surface area (Å²) in [5.41, 5.74) is 8.86. The van der Waals surface area contributed by atoms with Crippen molar-refractivity contribution in [3.8, 4) is 11.3 Å². The fourth-order valence-electron chi connectivity index (χ4n) is 3.45. The van der Waals surface area contributed by atoms with E-state index >= 15 is 0 Å². The van der Waals surface area contributed by atoms with Gasteiger partial charge in [-0.15, -0.1) is 0 Å². The van der Waals surface area contributed by atoms with Crippen molar-refractivity contribution in [2.75, 3.05) is 11.9 Å². The van der Waals surface area contributed by atoms with Crippen molar-refractivity contribution in [3.63, 3.8) is 0 Å². The molecule has 0 aliphatic carbocycles. The summed E-state index contributed by atoms with van der Waals surface area (Å²) >= 11 is 6.09. The molecular formula is C25H24ClN3O3. The van der Waals surface area contributed by atoms with Gasteiger partial charge in [0.15, 0.2) is 0 Å². The van der Waals surface area contributed by atoms with Crippen molar-refractivity contribution in [3.05, 3.63) is 76.5 Å². The van der Waals surface area contributed by atoms with Gasteiger partial charge >= 0.3 is 0 Å². The van der Waals surface area contributed by atoms with Crippen LogP contribution in [0.1, 0.15) is 41.9 Å². The normalized spacial score (nSPS) is 14.4. The monoisotopic (exact) mass is 449 g/mol. The van der Waals surface area contributed by atoms with Crippen LogP contribution in [0.3, 0.4) is 0 Å². The average Bonchev–Trinajstić information content (AvgIpc) is 3.32. The molecular weight excluding hydrogens is 426 g/mol. The summed E-state index contributed by atoms with van der Waals surface area (Å²) in [5.74, 6) is 0.748. The van der Waals surface area contributed by atoms with Gasteiger partial charge in [0.25, 0.3) is 11.8 Å². The second kappa shape index (κ2) is 8.65. The molecule has 2 aromatic carbocycles. The lowest BCUT2D eigenvalue weighted by Gasteiger charge is -2.18. The topological polar surface area (TPSA) is 97.4 Å². The SMILES string of the molecule is CC(C)(N)CCNC(=O)c1cccc(-c2ccc(/C=C3/C(=O)Nc4ccc(Cl)cc43)o2)c1. The van der Waals surface area contributed by atoms with E-state index in [1.807, 2.05) is 26.0 Å². The van der Waals surface area contributed by atoms with Crippen LogP contribution in [-0.4, -0.2) is 23.9 Å². The Bertz CT molecular complexity index is 1220. The van der Waals surface area contributed by atoms with Crippen molar-refractivity contribution in [2.45, 2.75) is 25.8 Å². The molecule has 4 N–H and O–H groups in total. The third-order valence-corrected chi connectivity index (χ3v) is 5.38. The van der Waals surface area contributed by atoms with Crippen LogP contribution in [0.15, 0.2) is 59.0 Å². The first kappa shape index (κ1) is 21.9. The third-order valence-electron chi connectivity index (χ3n) is 5.14. The number of nitrogens with one attached hydrogen (secondary N) is 2. The molecule has 3 aromatic rings. The van der Waals surface area contributed by atoms with Gasteiger partial charge in [-0.2, -0.15) is 0 Å². The Morgan fingerprint density at radius 2 is 2.00 bits per heavy atom. The van der Waals surface area contributed by atoms with E-state index in [9.17, 15) is 9.59 Å². The minimum absolute atomic E-state index is 0.166. The van der Waals surface area contributed by atoms with Crippen molar-refractivity contribution >= 4 is 40.8 Å². The van der Waals surface area contributed by atoms with E-state index in [0.717, 1.165) is 11.1 Å². The molecule has 1 aliphatic rings. The van der Waals surface area contributed by atoms with E-state index in [0.29, 0.717) is 46.3 Å². The van der Waals surface area contributed by atoms with Crippen LogP contribution < -0.4 is 16.4 Å². The lowest BCUT2D eigenvalue weighted by atomic mass is 10.0. The van der Waals surface area contributed by atoms with Crippen molar-refractivity contribution in [1.82, 2.24) is 5.32 Å². The number of carbonyl (C=O) groups excluding carboxylic acids is 2. The maximum atomic E-state index is 12.5. The molecule has 1 aromatic heterocycles. The zero-order valence-electron chi connectivity index (χ0n) is 17.9. The highest BCUT2D eigenvalue weighted by molar-refractivity contribution is 6.36. The predicted molar refractivity (Wildman–Crippen MR) is 127 cm³/mol. The van der Waals surface area contributed by atoms with Gasteiger partial charge in [-0.3, -0.25) is 9.59 Å². The van der Waals surface area contributed by atoms with Gasteiger partial charge in [0, 0.05) is 39.5 Å². The number of nitrogens with two attached hydrogens (primary N) is 1. The zero-order valence-corrected chi connectivity index (χ0v) is 18.6. The van der Waals surface area contributed by atoms with Crippen molar-refractivity contribution in [2.24, 2.45) is 5.73 Å². The summed E-state index contributed by atoms with van der Waals surface area (Å²) in [6.07, 6.45) is 2.36. The number of hydrogen-bond acceptors (Lipinski definition) is 4. The van der Waals surface area contributed by atoms with Gasteiger partial charge in [0.1, 0.15) is 11.5 Å². The molecule has 0 radical (unpaired) electrons. The zero-order chi connectivity index (χ0) is 22.9. The number of anilines is 1. The second-order valence-electron chi connectivity index (χ2n) is 8.48. The number of amides is 2. The van der Waals surface area contributed by atoms with Gasteiger partial charge in [-0.05, 0) is 68.8 Å². The molecule has 32 heavy (non-hydrogen) atoms. The Hall–Kier alpha value is -3.35. The Morgan fingerprint density at radius 1 is 1.19 bits per heavy atom. The third kappa shape index (κ3) is 4.93. The summed E-state index contributed by atoms with van der Waals surface area (Å²) in [7, 11) is 0. The van der Waals surface area contributed by atoms with Crippen LogP contribution in [0.2, 0.25) is 5.02 Å². The van der Waals surface area contributed by atoms with Crippen LogP contribution in [0.5, 0.6) is 0 Å². The molecule has 4 rings (SSSR count). The fraction of sp³-hybridized carbons (Fsp3) is 0.200. The number of halogens is 1. The highest BCUT2D eigenvalue weighted by Gasteiger charge is 2.24. The highest BCUT2D eigenvalue weighted by Crippen LogP contribution is 2.35. The number of furan rings is 1. The average molecular weight is 450 g/mol. The molecule has 0 atom stereocenters. The standard InChI is InChI=1S/C25H24ClN3O3/c1-25(2,27)10-11-28-23(30)16-5-3-4-15(12-16)22-9-7-18(32-22)14-20-19-13-17(26)6-8-21(19)29-24(20)31/h3-9,12-14H,10-11,27H2,1-2H3,(H,28,30)(H,29,31)/b20-14+. The number of carbonyl (C=O) groups is 2. The Balaban J connectivity index is 1.53. The molecule has 1 aliphatic heterocycles. The van der Waals surface area contributed by atoms with E-state index < -0.39 is 0 Å². The summed E-state index contributed by atoms with van der Waals surface area (Å²) in [4.78, 5) is 24.9. The first-order valence-electron chi connectivity index (χ1n) is 10.3. The van der Waals surface area contributed by atoms with E-state index in [1.54, 1.807) is 48.5 Å². The molecule has 164 valence electrons. The fourth-order valence-corrected chi connectivity index (χ4v) is 3.62. The quantitative estimate of drug-likeness (QED) is 0.464. The molecule has 0 saturated heterocycles. The summed E-state index contributed by atoms with van der Waals surface area (Å²) in [5, 5.41) is 6.26. The van der Waals surface area contributed by atoms with Crippen molar-refractivity contribution in [1.29, 1.82) is 0 Å². The maximum Gasteiger partial charge on any atom is 0.256 e. The first-order valence-corrected chi connectivity index (χ1v) is 10.7. The van der Waals surface area contributed by atoms with Gasteiger partial charge < -0.3 is 20.8 Å².